The molecule has 1 aromatic carbocycles. The molecule has 1 unspecified atom stereocenters. The fourth-order valence-electron chi connectivity index (χ4n) is 4.41. The largest absolute Gasteiger partial charge is 0.349 e. The highest BCUT2D eigenvalue weighted by Crippen LogP contribution is 2.34. The Morgan fingerprint density at radius 1 is 1.09 bits per heavy atom. The van der Waals surface area contributed by atoms with E-state index in [4.69, 9.17) is 0 Å². The zero-order valence-electron chi connectivity index (χ0n) is 14.2. The van der Waals surface area contributed by atoms with Crippen molar-refractivity contribution in [1.29, 1.82) is 0 Å². The Hall–Kier alpha value is -1.81. The summed E-state index contributed by atoms with van der Waals surface area (Å²) < 4.78 is 1.19. The summed E-state index contributed by atoms with van der Waals surface area (Å²) in [5.74, 6) is 1.10. The molecule has 0 amide bonds. The van der Waals surface area contributed by atoms with Crippen LogP contribution in [-0.4, -0.2) is 54.5 Å². The van der Waals surface area contributed by atoms with Gasteiger partial charge in [0, 0.05) is 25.8 Å². The first-order valence-electron chi connectivity index (χ1n) is 8.79. The molecule has 0 radical (unpaired) electrons. The predicted molar refractivity (Wildman–Crippen MR) is 94.0 cm³/mol. The summed E-state index contributed by atoms with van der Waals surface area (Å²) >= 11 is 0. The standard InChI is InChI=1S/C19H27N4/c1-23(2)16-8-9-17(23)14-22(13-12-16)19-11-10-18(20-21-19)15-6-4-3-5-7-15/h3-7,10-11,16-18,20H,8-9,12-14H2,1-2H3/q+1/t16-,17+,18?/m0/s1. The van der Waals surface area contributed by atoms with E-state index in [2.05, 4.69) is 72.0 Å². The van der Waals surface area contributed by atoms with Crippen molar-refractivity contribution >= 4 is 5.84 Å². The maximum Gasteiger partial charge on any atom is 0.148 e. The van der Waals surface area contributed by atoms with Gasteiger partial charge in [-0.2, -0.15) is 5.10 Å². The first-order chi connectivity index (χ1) is 11.1. The van der Waals surface area contributed by atoms with E-state index in [1.165, 1.54) is 29.3 Å². The quantitative estimate of drug-likeness (QED) is 0.807. The molecule has 2 saturated heterocycles. The van der Waals surface area contributed by atoms with Crippen molar-refractivity contribution in [2.24, 2.45) is 5.10 Å². The molecule has 0 aliphatic carbocycles. The monoisotopic (exact) mass is 311 g/mol. The van der Waals surface area contributed by atoms with Crippen molar-refractivity contribution in [3.8, 4) is 0 Å². The molecule has 3 heterocycles. The molecule has 3 aliphatic rings. The number of fused-ring (bicyclic) bond motifs is 2. The maximum atomic E-state index is 4.68. The van der Waals surface area contributed by atoms with E-state index in [1.807, 2.05) is 0 Å². The zero-order chi connectivity index (χ0) is 15.9. The third kappa shape index (κ3) is 2.65. The SMILES string of the molecule is C[N+]1(C)[C@H]2CC[C@@H]1CN(C1=NNC(c3ccccc3)C=C1)CC2. The average Bonchev–Trinajstić information content (AvgIpc) is 2.76. The second-order valence-electron chi connectivity index (χ2n) is 7.60. The van der Waals surface area contributed by atoms with Gasteiger partial charge in [-0.3, -0.25) is 5.43 Å². The summed E-state index contributed by atoms with van der Waals surface area (Å²) in [6.07, 6.45) is 8.46. The van der Waals surface area contributed by atoms with Crippen LogP contribution in [0.1, 0.15) is 30.9 Å². The van der Waals surface area contributed by atoms with E-state index in [0.29, 0.717) is 0 Å². The molecular formula is C19H27N4+. The highest BCUT2D eigenvalue weighted by atomic mass is 15.4. The fourth-order valence-corrected chi connectivity index (χ4v) is 4.41. The topological polar surface area (TPSA) is 27.6 Å². The number of rotatable bonds is 1. The third-order valence-electron chi connectivity index (χ3n) is 6.12. The van der Waals surface area contributed by atoms with Crippen LogP contribution >= 0.6 is 0 Å². The van der Waals surface area contributed by atoms with E-state index in [-0.39, 0.29) is 6.04 Å². The lowest BCUT2D eigenvalue weighted by Crippen LogP contribution is -2.51. The van der Waals surface area contributed by atoms with Gasteiger partial charge in [0.1, 0.15) is 11.9 Å². The minimum Gasteiger partial charge on any atom is -0.349 e. The molecule has 3 atom stereocenters. The van der Waals surface area contributed by atoms with Gasteiger partial charge in [0.2, 0.25) is 0 Å². The normalized spacial score (nSPS) is 32.2. The summed E-state index contributed by atoms with van der Waals surface area (Å²) in [5.41, 5.74) is 4.59. The Morgan fingerprint density at radius 2 is 1.87 bits per heavy atom. The molecule has 4 nitrogen and oxygen atoms in total. The van der Waals surface area contributed by atoms with Crippen LogP contribution in [0.5, 0.6) is 0 Å². The van der Waals surface area contributed by atoms with E-state index < -0.39 is 0 Å². The molecular weight excluding hydrogens is 284 g/mol. The highest BCUT2D eigenvalue weighted by Gasteiger charge is 2.46. The molecule has 1 aromatic rings. The van der Waals surface area contributed by atoms with Gasteiger partial charge in [-0.1, -0.05) is 36.4 Å². The van der Waals surface area contributed by atoms with Gasteiger partial charge in [0.25, 0.3) is 0 Å². The van der Waals surface area contributed by atoms with Gasteiger partial charge in [0.15, 0.2) is 0 Å². The van der Waals surface area contributed by atoms with Crippen LogP contribution in [0, 0.1) is 0 Å². The first kappa shape index (κ1) is 14.8. The van der Waals surface area contributed by atoms with Crippen molar-refractivity contribution in [3.05, 3.63) is 48.0 Å². The molecule has 3 aliphatic heterocycles. The van der Waals surface area contributed by atoms with E-state index in [9.17, 15) is 0 Å². The van der Waals surface area contributed by atoms with Crippen LogP contribution in [0.15, 0.2) is 47.6 Å². The number of hydrogen-bond acceptors (Lipinski definition) is 3. The second-order valence-corrected chi connectivity index (χ2v) is 7.60. The Balaban J connectivity index is 1.46. The maximum absolute atomic E-state index is 4.68. The molecule has 1 N–H and O–H groups in total. The van der Waals surface area contributed by atoms with Gasteiger partial charge < -0.3 is 9.38 Å². The number of hydrogen-bond donors (Lipinski definition) is 1. The van der Waals surface area contributed by atoms with E-state index in [0.717, 1.165) is 31.0 Å². The van der Waals surface area contributed by atoms with Crippen molar-refractivity contribution in [2.45, 2.75) is 37.4 Å². The lowest BCUT2D eigenvalue weighted by Gasteiger charge is -2.36. The molecule has 0 aromatic heterocycles. The van der Waals surface area contributed by atoms with Crippen LogP contribution in [0.25, 0.3) is 0 Å². The van der Waals surface area contributed by atoms with Crippen molar-refractivity contribution in [1.82, 2.24) is 10.3 Å². The van der Waals surface area contributed by atoms with E-state index in [1.54, 1.807) is 0 Å². The van der Waals surface area contributed by atoms with Gasteiger partial charge in [-0.05, 0) is 11.6 Å². The Labute approximate surface area is 139 Å². The van der Waals surface area contributed by atoms with Crippen LogP contribution < -0.4 is 5.43 Å². The number of quaternary nitrogens is 1. The van der Waals surface area contributed by atoms with Crippen molar-refractivity contribution in [2.75, 3.05) is 27.2 Å². The lowest BCUT2D eigenvalue weighted by molar-refractivity contribution is -0.923. The lowest BCUT2D eigenvalue weighted by atomic mass is 10.1. The Kier molecular flexibility index (Phi) is 3.64. The fraction of sp³-hybridized carbons (Fsp3) is 0.526. The molecule has 0 saturated carbocycles. The molecule has 2 bridgehead atoms. The van der Waals surface area contributed by atoms with E-state index >= 15 is 0 Å². The number of likely N-dealkylation sites (tertiary alicyclic amines) is 1. The average molecular weight is 311 g/mol. The van der Waals surface area contributed by atoms with Crippen molar-refractivity contribution < 1.29 is 4.48 Å². The molecule has 122 valence electrons. The van der Waals surface area contributed by atoms with Crippen LogP contribution in [0.2, 0.25) is 0 Å². The van der Waals surface area contributed by atoms with Gasteiger partial charge in [-0.25, -0.2) is 0 Å². The summed E-state index contributed by atoms with van der Waals surface area (Å²) in [7, 11) is 4.82. The number of amidine groups is 1. The molecule has 23 heavy (non-hydrogen) atoms. The van der Waals surface area contributed by atoms with Crippen LogP contribution in [0.3, 0.4) is 0 Å². The Bertz CT molecular complexity index is 620. The van der Waals surface area contributed by atoms with Gasteiger partial charge >= 0.3 is 0 Å². The molecule has 0 spiro atoms. The van der Waals surface area contributed by atoms with Gasteiger partial charge in [0.05, 0.1) is 32.7 Å². The highest BCUT2D eigenvalue weighted by molar-refractivity contribution is 5.93. The molecule has 4 rings (SSSR count). The summed E-state index contributed by atoms with van der Waals surface area (Å²) in [5, 5.41) is 4.68. The third-order valence-corrected chi connectivity index (χ3v) is 6.12. The first-order valence-corrected chi connectivity index (χ1v) is 8.79. The number of likely N-dealkylation sites (N-methyl/N-ethyl adjacent to an activating group) is 1. The van der Waals surface area contributed by atoms with Crippen molar-refractivity contribution in [3.63, 3.8) is 0 Å². The molecule has 2 fully saturated rings. The minimum atomic E-state index is 0.190. The van der Waals surface area contributed by atoms with Gasteiger partial charge in [-0.15, -0.1) is 0 Å². The second kappa shape index (κ2) is 5.68. The summed E-state index contributed by atoms with van der Waals surface area (Å²) in [4.78, 5) is 2.48. The minimum absolute atomic E-state index is 0.190. The van der Waals surface area contributed by atoms with Crippen LogP contribution in [-0.2, 0) is 0 Å². The zero-order valence-corrected chi connectivity index (χ0v) is 14.2. The number of nitrogens with one attached hydrogen (secondary N) is 1. The summed E-state index contributed by atoms with van der Waals surface area (Å²) in [6.45, 7) is 2.26. The number of hydrazone groups is 1. The number of benzene rings is 1. The number of nitrogens with zero attached hydrogens (tertiary/aromatic N) is 3. The predicted octanol–water partition coefficient (Wildman–Crippen LogP) is 2.51. The summed E-state index contributed by atoms with van der Waals surface area (Å²) in [6, 6.07) is 12.3. The Morgan fingerprint density at radius 3 is 2.61 bits per heavy atom. The molecule has 4 heteroatoms. The smallest absolute Gasteiger partial charge is 0.148 e. The van der Waals surface area contributed by atoms with Crippen LogP contribution in [0.4, 0.5) is 0 Å².